The van der Waals surface area contributed by atoms with Crippen LogP contribution in [0.5, 0.6) is 17.2 Å². The minimum Gasteiger partial charge on any atom is -0.507 e. The molecule has 35 heavy (non-hydrogen) atoms. The molecule has 1 aliphatic heterocycles. The second-order valence-electron chi connectivity index (χ2n) is 7.98. The first kappa shape index (κ1) is 26.0. The lowest BCUT2D eigenvalue weighted by molar-refractivity contribution is -0.140. The van der Waals surface area contributed by atoms with Crippen LogP contribution in [-0.4, -0.2) is 74.1 Å². The summed E-state index contributed by atoms with van der Waals surface area (Å²) in [7, 11) is 4.42. The monoisotopic (exact) mass is 486 g/mol. The molecule has 1 fully saturated rings. The molecule has 0 saturated carbocycles. The Labute approximate surface area is 204 Å². The topological polar surface area (TPSA) is 88.5 Å². The number of likely N-dealkylation sites (N-methyl/N-ethyl adjacent to an activating group) is 1. The van der Waals surface area contributed by atoms with Crippen molar-refractivity contribution in [3.05, 3.63) is 58.9 Å². The summed E-state index contributed by atoms with van der Waals surface area (Å²) in [5.41, 5.74) is 0.642. The summed E-state index contributed by atoms with van der Waals surface area (Å²) < 4.78 is 29.8. The molecule has 3 rings (SSSR count). The van der Waals surface area contributed by atoms with E-state index in [-0.39, 0.29) is 23.4 Å². The van der Waals surface area contributed by atoms with E-state index in [1.165, 1.54) is 50.5 Å². The van der Waals surface area contributed by atoms with E-state index >= 15 is 0 Å². The van der Waals surface area contributed by atoms with Crippen LogP contribution in [0.15, 0.2) is 42.0 Å². The number of carbonyl (C=O) groups excluding carboxylic acids is 2. The molecule has 0 aromatic heterocycles. The molecular formula is C26H31FN2O6. The highest BCUT2D eigenvalue weighted by molar-refractivity contribution is 6.46. The molecule has 8 nitrogen and oxygen atoms in total. The van der Waals surface area contributed by atoms with Crippen molar-refractivity contribution in [2.75, 3.05) is 47.5 Å². The fraction of sp³-hybridized carbons (Fsp3) is 0.385. The van der Waals surface area contributed by atoms with Gasteiger partial charge in [0.2, 0.25) is 5.75 Å². The number of amides is 1. The summed E-state index contributed by atoms with van der Waals surface area (Å²) in [5.74, 6) is -1.35. The molecule has 1 heterocycles. The molecule has 0 radical (unpaired) electrons. The summed E-state index contributed by atoms with van der Waals surface area (Å²) in [6.45, 7) is 6.40. The SMILES string of the molecule is CCN(CC)CCN1C(=O)C(=O)/C(=C(/O)c2ccc(F)cc2)[C@@H]1c1cc(OC)c(OC)c(OC)c1. The summed E-state index contributed by atoms with van der Waals surface area (Å²) in [6.07, 6.45) is 0. The van der Waals surface area contributed by atoms with Crippen molar-refractivity contribution in [1.29, 1.82) is 0 Å². The number of ketones is 1. The zero-order valence-electron chi connectivity index (χ0n) is 20.6. The number of aliphatic hydroxyl groups is 1. The Bertz CT molecular complexity index is 1090. The van der Waals surface area contributed by atoms with Gasteiger partial charge in [0, 0.05) is 18.7 Å². The molecule has 1 amide bonds. The molecule has 2 aromatic rings. The highest BCUT2D eigenvalue weighted by atomic mass is 19.1. The van der Waals surface area contributed by atoms with E-state index in [1.54, 1.807) is 12.1 Å². The molecule has 1 atom stereocenters. The first-order valence-corrected chi connectivity index (χ1v) is 11.4. The van der Waals surface area contributed by atoms with Gasteiger partial charge in [0.1, 0.15) is 11.6 Å². The number of rotatable bonds is 10. The number of carbonyl (C=O) groups is 2. The van der Waals surface area contributed by atoms with E-state index in [0.717, 1.165) is 13.1 Å². The number of ether oxygens (including phenoxy) is 3. The van der Waals surface area contributed by atoms with Crippen molar-refractivity contribution >= 4 is 17.4 Å². The average molecular weight is 487 g/mol. The van der Waals surface area contributed by atoms with Crippen LogP contribution in [0.1, 0.15) is 31.0 Å². The number of halogens is 1. The summed E-state index contributed by atoms with van der Waals surface area (Å²) in [6, 6.07) is 7.48. The van der Waals surface area contributed by atoms with E-state index in [9.17, 15) is 19.1 Å². The fourth-order valence-electron chi connectivity index (χ4n) is 4.27. The van der Waals surface area contributed by atoms with E-state index in [4.69, 9.17) is 14.2 Å². The molecule has 0 aliphatic carbocycles. The Hall–Kier alpha value is -3.59. The van der Waals surface area contributed by atoms with Crippen LogP contribution in [0.25, 0.3) is 5.76 Å². The zero-order valence-corrected chi connectivity index (χ0v) is 20.6. The quantitative estimate of drug-likeness (QED) is 0.312. The molecule has 2 aromatic carbocycles. The van der Waals surface area contributed by atoms with Crippen LogP contribution in [-0.2, 0) is 9.59 Å². The Kier molecular flexibility index (Phi) is 8.34. The zero-order chi connectivity index (χ0) is 25.7. The van der Waals surface area contributed by atoms with E-state index < -0.39 is 23.5 Å². The van der Waals surface area contributed by atoms with Crippen LogP contribution in [0, 0.1) is 5.82 Å². The summed E-state index contributed by atoms with van der Waals surface area (Å²) >= 11 is 0. The van der Waals surface area contributed by atoms with Crippen molar-refractivity contribution in [2.24, 2.45) is 0 Å². The summed E-state index contributed by atoms with van der Waals surface area (Å²) in [4.78, 5) is 30.0. The van der Waals surface area contributed by atoms with Crippen LogP contribution >= 0.6 is 0 Å². The Morgan fingerprint density at radius 1 is 1.00 bits per heavy atom. The Morgan fingerprint density at radius 2 is 1.57 bits per heavy atom. The largest absolute Gasteiger partial charge is 0.507 e. The first-order chi connectivity index (χ1) is 16.8. The standard InChI is InChI=1S/C26H31FN2O6/c1-6-28(7-2)12-13-29-22(17-14-19(33-3)25(35-5)20(15-17)34-4)21(24(31)26(29)32)23(30)16-8-10-18(27)11-9-16/h8-11,14-15,22,30H,6-7,12-13H2,1-5H3/b23-21+/t22-/m0/s1. The maximum absolute atomic E-state index is 13.5. The van der Waals surface area contributed by atoms with Gasteiger partial charge in [0.05, 0.1) is 32.9 Å². The molecule has 1 saturated heterocycles. The normalized spacial score (nSPS) is 17.2. The number of benzene rings is 2. The average Bonchev–Trinajstić information content (AvgIpc) is 3.13. The van der Waals surface area contributed by atoms with Crippen LogP contribution in [0.4, 0.5) is 4.39 Å². The lowest BCUT2D eigenvalue weighted by atomic mass is 9.94. The predicted molar refractivity (Wildman–Crippen MR) is 129 cm³/mol. The third-order valence-electron chi connectivity index (χ3n) is 6.21. The number of Topliss-reactive ketones (excluding diaryl/α,β-unsaturated/α-hetero) is 1. The molecule has 1 N–H and O–H groups in total. The van der Waals surface area contributed by atoms with Gasteiger partial charge in [-0.25, -0.2) is 4.39 Å². The van der Waals surface area contributed by atoms with Gasteiger partial charge < -0.3 is 29.1 Å². The smallest absolute Gasteiger partial charge is 0.295 e. The lowest BCUT2D eigenvalue weighted by Crippen LogP contribution is -2.38. The predicted octanol–water partition coefficient (Wildman–Crippen LogP) is 3.62. The molecular weight excluding hydrogens is 455 g/mol. The maximum atomic E-state index is 13.5. The minimum atomic E-state index is -0.913. The van der Waals surface area contributed by atoms with Gasteiger partial charge in [-0.3, -0.25) is 9.59 Å². The second-order valence-corrected chi connectivity index (χ2v) is 7.98. The van der Waals surface area contributed by atoms with Gasteiger partial charge in [-0.1, -0.05) is 13.8 Å². The third-order valence-corrected chi connectivity index (χ3v) is 6.21. The molecule has 0 spiro atoms. The minimum absolute atomic E-state index is 0.0876. The van der Waals surface area contributed by atoms with Crippen LogP contribution in [0.2, 0.25) is 0 Å². The fourth-order valence-corrected chi connectivity index (χ4v) is 4.27. The third kappa shape index (κ3) is 5.09. The van der Waals surface area contributed by atoms with Gasteiger partial charge in [0.25, 0.3) is 11.7 Å². The number of likely N-dealkylation sites (tertiary alicyclic amines) is 1. The maximum Gasteiger partial charge on any atom is 0.295 e. The van der Waals surface area contributed by atoms with Crippen molar-refractivity contribution in [2.45, 2.75) is 19.9 Å². The van der Waals surface area contributed by atoms with Crippen molar-refractivity contribution in [3.63, 3.8) is 0 Å². The first-order valence-electron chi connectivity index (χ1n) is 11.4. The second kappa shape index (κ2) is 11.2. The van der Waals surface area contributed by atoms with Gasteiger partial charge >= 0.3 is 0 Å². The summed E-state index contributed by atoms with van der Waals surface area (Å²) in [5, 5.41) is 11.1. The van der Waals surface area contributed by atoms with Gasteiger partial charge in [-0.05, 0) is 55.1 Å². The molecule has 188 valence electrons. The lowest BCUT2D eigenvalue weighted by Gasteiger charge is -2.29. The van der Waals surface area contributed by atoms with E-state index in [0.29, 0.717) is 29.4 Å². The van der Waals surface area contributed by atoms with Crippen molar-refractivity contribution < 1.29 is 33.3 Å². The number of aliphatic hydroxyl groups excluding tert-OH is 1. The van der Waals surface area contributed by atoms with Crippen molar-refractivity contribution in [3.8, 4) is 17.2 Å². The van der Waals surface area contributed by atoms with Gasteiger partial charge in [-0.2, -0.15) is 0 Å². The molecule has 9 heteroatoms. The number of hydrogen-bond acceptors (Lipinski definition) is 7. The molecule has 0 bridgehead atoms. The van der Waals surface area contributed by atoms with Crippen molar-refractivity contribution in [1.82, 2.24) is 9.80 Å². The van der Waals surface area contributed by atoms with Gasteiger partial charge in [-0.15, -0.1) is 0 Å². The van der Waals surface area contributed by atoms with E-state index in [2.05, 4.69) is 4.90 Å². The number of nitrogens with zero attached hydrogens (tertiary/aromatic N) is 2. The van der Waals surface area contributed by atoms with Gasteiger partial charge in [0.15, 0.2) is 11.5 Å². The highest BCUT2D eigenvalue weighted by Crippen LogP contribution is 2.45. The Balaban J connectivity index is 2.21. The molecule has 0 unspecified atom stereocenters. The number of methoxy groups -OCH3 is 3. The number of hydrogen-bond donors (Lipinski definition) is 1. The van der Waals surface area contributed by atoms with E-state index in [1.807, 2.05) is 13.8 Å². The van der Waals surface area contributed by atoms with Crippen LogP contribution in [0.3, 0.4) is 0 Å². The highest BCUT2D eigenvalue weighted by Gasteiger charge is 2.46. The van der Waals surface area contributed by atoms with Crippen LogP contribution < -0.4 is 14.2 Å². The molecule has 1 aliphatic rings. The Morgan fingerprint density at radius 3 is 2.06 bits per heavy atom.